The van der Waals surface area contributed by atoms with E-state index in [2.05, 4.69) is 26.2 Å². The first-order valence-electron chi connectivity index (χ1n) is 7.43. The molecule has 1 rings (SSSR count). The quantitative estimate of drug-likeness (QED) is 0.678. The number of nitrogens with one attached hydrogen (secondary N) is 1. The summed E-state index contributed by atoms with van der Waals surface area (Å²) in [6.45, 7) is 4.71. The predicted octanol–water partition coefficient (Wildman–Crippen LogP) is 4.37. The lowest BCUT2D eigenvalue weighted by Crippen LogP contribution is -2.30. The summed E-state index contributed by atoms with van der Waals surface area (Å²) in [4.78, 5) is 0. The highest BCUT2D eigenvalue weighted by molar-refractivity contribution is 4.75. The number of hydrogen-bond acceptors (Lipinski definition) is 1. The van der Waals surface area contributed by atoms with E-state index in [-0.39, 0.29) is 0 Å². The van der Waals surface area contributed by atoms with Crippen LogP contribution < -0.4 is 5.32 Å². The van der Waals surface area contributed by atoms with E-state index in [1.807, 2.05) is 0 Å². The zero-order valence-corrected chi connectivity index (χ0v) is 11.6. The Kier molecular flexibility index (Phi) is 7.11. The second-order valence-electron chi connectivity index (χ2n) is 5.85. The Hall–Kier alpha value is -0.0400. The molecular formula is C15H31N. The molecule has 96 valence electrons. The Balaban J connectivity index is 2.24. The molecule has 0 aromatic heterocycles. The standard InChI is InChI=1S/C15H31N/c1-4-8-13(2)11-15(16-3)12-14-9-6-5-7-10-14/h13-16H,4-12H2,1-3H3. The van der Waals surface area contributed by atoms with E-state index in [9.17, 15) is 0 Å². The summed E-state index contributed by atoms with van der Waals surface area (Å²) in [5.41, 5.74) is 0. The van der Waals surface area contributed by atoms with Gasteiger partial charge in [0.1, 0.15) is 0 Å². The monoisotopic (exact) mass is 225 g/mol. The van der Waals surface area contributed by atoms with E-state index >= 15 is 0 Å². The van der Waals surface area contributed by atoms with Gasteiger partial charge < -0.3 is 5.32 Å². The maximum absolute atomic E-state index is 3.54. The SMILES string of the molecule is CCCC(C)CC(CC1CCCCC1)NC. The van der Waals surface area contributed by atoms with Crippen LogP contribution in [0.5, 0.6) is 0 Å². The van der Waals surface area contributed by atoms with E-state index in [0.717, 1.165) is 17.9 Å². The van der Waals surface area contributed by atoms with Crippen molar-refractivity contribution in [3.8, 4) is 0 Å². The Morgan fingerprint density at radius 1 is 1.19 bits per heavy atom. The van der Waals surface area contributed by atoms with Gasteiger partial charge in [0.05, 0.1) is 0 Å². The smallest absolute Gasteiger partial charge is 0.00692 e. The maximum atomic E-state index is 3.54. The molecule has 2 atom stereocenters. The Labute approximate surface area is 102 Å². The highest BCUT2D eigenvalue weighted by atomic mass is 14.9. The van der Waals surface area contributed by atoms with Gasteiger partial charge >= 0.3 is 0 Å². The summed E-state index contributed by atoms with van der Waals surface area (Å²) in [5.74, 6) is 1.91. The minimum atomic E-state index is 0.768. The summed E-state index contributed by atoms with van der Waals surface area (Å²) in [5, 5.41) is 3.54. The van der Waals surface area contributed by atoms with E-state index in [0.29, 0.717) is 0 Å². The molecule has 16 heavy (non-hydrogen) atoms. The van der Waals surface area contributed by atoms with Crippen molar-refractivity contribution in [2.45, 2.75) is 77.7 Å². The Morgan fingerprint density at radius 3 is 2.44 bits per heavy atom. The molecule has 0 heterocycles. The molecule has 1 aliphatic carbocycles. The molecule has 0 spiro atoms. The molecule has 1 fully saturated rings. The minimum absolute atomic E-state index is 0.768. The molecule has 1 heteroatoms. The molecule has 1 N–H and O–H groups in total. The molecule has 0 bridgehead atoms. The van der Waals surface area contributed by atoms with Crippen molar-refractivity contribution in [3.05, 3.63) is 0 Å². The van der Waals surface area contributed by atoms with Gasteiger partial charge in [0, 0.05) is 6.04 Å². The van der Waals surface area contributed by atoms with Crippen LogP contribution in [0, 0.1) is 11.8 Å². The second kappa shape index (κ2) is 8.11. The fraction of sp³-hybridized carbons (Fsp3) is 1.00. The predicted molar refractivity (Wildman–Crippen MR) is 72.7 cm³/mol. The molecule has 0 amide bonds. The van der Waals surface area contributed by atoms with Crippen LogP contribution in [0.25, 0.3) is 0 Å². The van der Waals surface area contributed by atoms with Gasteiger partial charge in [-0.05, 0) is 31.7 Å². The van der Waals surface area contributed by atoms with Crippen LogP contribution >= 0.6 is 0 Å². The number of rotatable bonds is 7. The molecule has 1 saturated carbocycles. The van der Waals surface area contributed by atoms with E-state index in [1.165, 1.54) is 57.8 Å². The lowest BCUT2D eigenvalue weighted by molar-refractivity contribution is 0.278. The van der Waals surface area contributed by atoms with Crippen LogP contribution in [0.4, 0.5) is 0 Å². The molecule has 0 saturated heterocycles. The molecule has 2 unspecified atom stereocenters. The first-order chi connectivity index (χ1) is 7.76. The summed E-state index contributed by atoms with van der Waals surface area (Å²) >= 11 is 0. The molecular weight excluding hydrogens is 194 g/mol. The van der Waals surface area contributed by atoms with Gasteiger partial charge in [0.25, 0.3) is 0 Å². The first-order valence-corrected chi connectivity index (χ1v) is 7.43. The van der Waals surface area contributed by atoms with Crippen LogP contribution in [0.1, 0.15) is 71.6 Å². The van der Waals surface area contributed by atoms with Gasteiger partial charge in [-0.15, -0.1) is 0 Å². The van der Waals surface area contributed by atoms with Crippen molar-refractivity contribution < 1.29 is 0 Å². The van der Waals surface area contributed by atoms with Crippen LogP contribution in [-0.2, 0) is 0 Å². The lowest BCUT2D eigenvalue weighted by atomic mass is 9.82. The largest absolute Gasteiger partial charge is 0.317 e. The summed E-state index contributed by atoms with van der Waals surface area (Å²) in [7, 11) is 2.14. The third kappa shape index (κ3) is 5.34. The van der Waals surface area contributed by atoms with Crippen molar-refractivity contribution in [2.24, 2.45) is 11.8 Å². The number of hydrogen-bond donors (Lipinski definition) is 1. The van der Waals surface area contributed by atoms with Gasteiger partial charge in [-0.1, -0.05) is 58.8 Å². The normalized spacial score (nSPS) is 21.9. The van der Waals surface area contributed by atoms with Crippen molar-refractivity contribution in [1.29, 1.82) is 0 Å². The average molecular weight is 225 g/mol. The van der Waals surface area contributed by atoms with Crippen LogP contribution in [0.3, 0.4) is 0 Å². The molecule has 1 aliphatic rings. The maximum Gasteiger partial charge on any atom is 0.00692 e. The van der Waals surface area contributed by atoms with E-state index < -0.39 is 0 Å². The third-order valence-electron chi connectivity index (χ3n) is 4.22. The van der Waals surface area contributed by atoms with Crippen LogP contribution in [0.2, 0.25) is 0 Å². The fourth-order valence-corrected chi connectivity index (χ4v) is 3.25. The minimum Gasteiger partial charge on any atom is -0.317 e. The van der Waals surface area contributed by atoms with Gasteiger partial charge in [-0.25, -0.2) is 0 Å². The molecule has 1 nitrogen and oxygen atoms in total. The second-order valence-corrected chi connectivity index (χ2v) is 5.85. The molecule has 0 aromatic rings. The topological polar surface area (TPSA) is 12.0 Å². The van der Waals surface area contributed by atoms with Gasteiger partial charge in [-0.3, -0.25) is 0 Å². The summed E-state index contributed by atoms with van der Waals surface area (Å²) in [6, 6.07) is 0.768. The Morgan fingerprint density at radius 2 is 1.88 bits per heavy atom. The molecule has 0 aliphatic heterocycles. The van der Waals surface area contributed by atoms with Gasteiger partial charge in [0.2, 0.25) is 0 Å². The van der Waals surface area contributed by atoms with Crippen LogP contribution in [-0.4, -0.2) is 13.1 Å². The van der Waals surface area contributed by atoms with Gasteiger partial charge in [0.15, 0.2) is 0 Å². The molecule has 0 radical (unpaired) electrons. The molecule has 0 aromatic carbocycles. The highest BCUT2D eigenvalue weighted by Crippen LogP contribution is 2.29. The van der Waals surface area contributed by atoms with Gasteiger partial charge in [-0.2, -0.15) is 0 Å². The highest BCUT2D eigenvalue weighted by Gasteiger charge is 2.19. The van der Waals surface area contributed by atoms with E-state index in [4.69, 9.17) is 0 Å². The third-order valence-corrected chi connectivity index (χ3v) is 4.22. The average Bonchev–Trinajstić information content (AvgIpc) is 2.30. The van der Waals surface area contributed by atoms with Crippen molar-refractivity contribution in [1.82, 2.24) is 5.32 Å². The van der Waals surface area contributed by atoms with Crippen LogP contribution in [0.15, 0.2) is 0 Å². The zero-order valence-electron chi connectivity index (χ0n) is 11.6. The zero-order chi connectivity index (χ0) is 11.8. The van der Waals surface area contributed by atoms with Crippen molar-refractivity contribution in [3.63, 3.8) is 0 Å². The fourth-order valence-electron chi connectivity index (χ4n) is 3.25. The van der Waals surface area contributed by atoms with E-state index in [1.54, 1.807) is 0 Å². The summed E-state index contributed by atoms with van der Waals surface area (Å²) < 4.78 is 0. The summed E-state index contributed by atoms with van der Waals surface area (Å²) in [6.07, 6.45) is 12.9. The van der Waals surface area contributed by atoms with Crippen molar-refractivity contribution in [2.75, 3.05) is 7.05 Å². The van der Waals surface area contributed by atoms with Crippen molar-refractivity contribution >= 4 is 0 Å². The lowest BCUT2D eigenvalue weighted by Gasteiger charge is -2.28. The Bertz CT molecular complexity index is 161. The first kappa shape index (κ1) is 14.0.